The van der Waals surface area contributed by atoms with Crippen LogP contribution in [0.1, 0.15) is 34.1 Å². The lowest BCUT2D eigenvalue weighted by Gasteiger charge is -1.95. The number of carbonyl (C=O) groups excluding carboxylic acids is 1. The Morgan fingerprint density at radius 3 is 1.46 bits per heavy atom. The molecule has 0 saturated heterocycles. The van der Waals surface area contributed by atoms with Crippen molar-refractivity contribution in [2.75, 3.05) is 0 Å². The zero-order chi connectivity index (χ0) is 11.0. The van der Waals surface area contributed by atoms with Gasteiger partial charge in [0.15, 0.2) is 0 Å². The molecule has 0 saturated carbocycles. The summed E-state index contributed by atoms with van der Waals surface area (Å²) in [7, 11) is 0. The van der Waals surface area contributed by atoms with Crippen LogP contribution in [0.4, 0.5) is 0 Å². The average molecular weight is 188 g/mol. The summed E-state index contributed by atoms with van der Waals surface area (Å²) in [6.07, 6.45) is 0.373. The van der Waals surface area contributed by atoms with Crippen LogP contribution in [0.3, 0.4) is 0 Å². The van der Waals surface area contributed by atoms with Gasteiger partial charge < -0.3 is 15.0 Å². The van der Waals surface area contributed by atoms with Crippen LogP contribution in [-0.4, -0.2) is 22.0 Å². The first-order chi connectivity index (χ1) is 5.82. The highest BCUT2D eigenvalue weighted by Gasteiger charge is 2.04. The maximum absolute atomic E-state index is 10.1. The number of aliphatic hydroxyl groups excluding tert-OH is 1. The summed E-state index contributed by atoms with van der Waals surface area (Å²) in [5.74, 6) is -0.947. The van der Waals surface area contributed by atoms with E-state index in [1.54, 1.807) is 6.92 Å². The molecule has 0 bridgehead atoms. The molecule has 0 spiro atoms. The van der Waals surface area contributed by atoms with Crippen LogP contribution in [-0.2, 0) is 9.59 Å². The predicted octanol–water partition coefficient (Wildman–Crippen LogP) is 1.91. The molecule has 0 aromatic heterocycles. The summed E-state index contributed by atoms with van der Waals surface area (Å²) >= 11 is 0. The summed E-state index contributed by atoms with van der Waals surface area (Å²) in [6, 6.07) is 0. The second kappa shape index (κ2) is 7.34. The first kappa shape index (κ1) is 14.2. The monoisotopic (exact) mass is 188 g/mol. The Morgan fingerprint density at radius 2 is 1.38 bits per heavy atom. The number of hydrogen-bond acceptors (Lipinski definition) is 3. The van der Waals surface area contributed by atoms with Crippen LogP contribution < -0.4 is 0 Å². The van der Waals surface area contributed by atoms with Crippen molar-refractivity contribution in [3.8, 4) is 0 Å². The number of carboxylic acid groups (broad SMARTS) is 1. The summed E-state index contributed by atoms with van der Waals surface area (Å²) in [6.45, 7) is 6.13. The van der Waals surface area contributed by atoms with Gasteiger partial charge in [-0.2, -0.15) is 0 Å². The fraction of sp³-hybridized carbons (Fsp3) is 0.556. The first-order valence-corrected chi connectivity index (χ1v) is 3.92. The minimum absolute atomic E-state index is 0.0255. The standard InChI is InChI=1S/C6H10O3.C3H6O/c1-3-5(7)4(2)6(8)9;1-3(2)4/h7H,3H2,1-2H3,(H,8,9);1-2H3/b5-4+;. The van der Waals surface area contributed by atoms with Crippen LogP contribution in [0.25, 0.3) is 0 Å². The Kier molecular flexibility index (Phi) is 8.02. The van der Waals surface area contributed by atoms with Crippen LogP contribution in [0, 0.1) is 0 Å². The molecule has 0 radical (unpaired) electrons. The van der Waals surface area contributed by atoms with Gasteiger partial charge in [-0.15, -0.1) is 0 Å². The van der Waals surface area contributed by atoms with E-state index in [2.05, 4.69) is 0 Å². The second-order valence-electron chi connectivity index (χ2n) is 2.64. The van der Waals surface area contributed by atoms with E-state index in [0.717, 1.165) is 0 Å². The fourth-order valence-electron chi connectivity index (χ4n) is 0.389. The molecule has 2 N–H and O–H groups in total. The smallest absolute Gasteiger partial charge is 0.334 e. The Hall–Kier alpha value is -1.32. The molecule has 0 amide bonds. The fourth-order valence-corrected chi connectivity index (χ4v) is 0.389. The Morgan fingerprint density at radius 1 is 1.08 bits per heavy atom. The molecule has 4 heteroatoms. The molecule has 0 aliphatic heterocycles. The van der Waals surface area contributed by atoms with Crippen LogP contribution >= 0.6 is 0 Å². The molecule has 0 aliphatic rings. The number of hydrogen-bond donors (Lipinski definition) is 2. The van der Waals surface area contributed by atoms with E-state index >= 15 is 0 Å². The van der Waals surface area contributed by atoms with Crippen LogP contribution in [0.5, 0.6) is 0 Å². The summed E-state index contributed by atoms with van der Waals surface area (Å²) in [5, 5.41) is 17.1. The molecular weight excluding hydrogens is 172 g/mol. The highest BCUT2D eigenvalue weighted by molar-refractivity contribution is 5.86. The van der Waals surface area contributed by atoms with Crippen molar-refractivity contribution < 1.29 is 19.8 Å². The molecule has 0 unspecified atom stereocenters. The number of Topliss-reactive ketones (excluding diaryl/α,β-unsaturated/α-hetero) is 1. The van der Waals surface area contributed by atoms with Gasteiger partial charge in [-0.25, -0.2) is 4.79 Å². The van der Waals surface area contributed by atoms with Crippen molar-refractivity contribution in [1.82, 2.24) is 0 Å². The summed E-state index contributed by atoms with van der Waals surface area (Å²) in [4.78, 5) is 19.5. The van der Waals surface area contributed by atoms with Crippen LogP contribution in [0.2, 0.25) is 0 Å². The van der Waals surface area contributed by atoms with Crippen molar-refractivity contribution in [1.29, 1.82) is 0 Å². The topological polar surface area (TPSA) is 74.6 Å². The Balaban J connectivity index is 0. The van der Waals surface area contributed by atoms with Gasteiger partial charge in [0.05, 0.1) is 5.57 Å². The molecule has 0 aromatic rings. The number of rotatable bonds is 2. The SMILES string of the molecule is CC(C)=O.CC/C(O)=C(/C)C(=O)O. The van der Waals surface area contributed by atoms with Crippen LogP contribution in [0.15, 0.2) is 11.3 Å². The number of aliphatic carboxylic acids is 1. The molecule has 76 valence electrons. The number of aliphatic hydroxyl groups is 1. The third-order valence-corrected chi connectivity index (χ3v) is 1.09. The van der Waals surface area contributed by atoms with Crippen molar-refractivity contribution in [3.05, 3.63) is 11.3 Å². The van der Waals surface area contributed by atoms with E-state index in [1.807, 2.05) is 0 Å². The molecular formula is C9H16O4. The van der Waals surface area contributed by atoms with Gasteiger partial charge in [0.25, 0.3) is 0 Å². The summed E-state index contributed by atoms with van der Waals surface area (Å²) < 4.78 is 0. The number of ketones is 1. The maximum Gasteiger partial charge on any atom is 0.334 e. The Bertz CT molecular complexity index is 212. The quantitative estimate of drug-likeness (QED) is 0.512. The third kappa shape index (κ3) is 10.7. The number of carboxylic acids is 1. The molecule has 4 nitrogen and oxygen atoms in total. The lowest BCUT2D eigenvalue weighted by molar-refractivity contribution is -0.132. The van der Waals surface area contributed by atoms with Gasteiger partial charge in [-0.3, -0.25) is 0 Å². The summed E-state index contributed by atoms with van der Waals surface area (Å²) in [5.41, 5.74) is 0.0255. The van der Waals surface area contributed by atoms with Gasteiger partial charge in [-0.05, 0) is 20.8 Å². The number of allylic oxidation sites excluding steroid dienone is 1. The lowest BCUT2D eigenvalue weighted by atomic mass is 10.2. The van der Waals surface area contributed by atoms with E-state index in [-0.39, 0.29) is 17.1 Å². The zero-order valence-corrected chi connectivity index (χ0v) is 8.42. The second-order valence-corrected chi connectivity index (χ2v) is 2.64. The van der Waals surface area contributed by atoms with Gasteiger partial charge in [0.2, 0.25) is 0 Å². The maximum atomic E-state index is 10.1. The predicted molar refractivity (Wildman–Crippen MR) is 49.6 cm³/mol. The average Bonchev–Trinajstić information content (AvgIpc) is 2.00. The van der Waals surface area contributed by atoms with Crippen molar-refractivity contribution >= 4 is 11.8 Å². The molecule has 0 rings (SSSR count). The molecule has 0 atom stereocenters. The van der Waals surface area contributed by atoms with E-state index in [1.165, 1.54) is 20.8 Å². The van der Waals surface area contributed by atoms with Crippen molar-refractivity contribution in [2.45, 2.75) is 34.1 Å². The van der Waals surface area contributed by atoms with Gasteiger partial charge in [-0.1, -0.05) is 6.92 Å². The highest BCUT2D eigenvalue weighted by Crippen LogP contribution is 2.03. The lowest BCUT2D eigenvalue weighted by Crippen LogP contribution is -1.99. The third-order valence-electron chi connectivity index (χ3n) is 1.09. The van der Waals surface area contributed by atoms with E-state index in [0.29, 0.717) is 6.42 Å². The molecule has 0 aromatic carbocycles. The van der Waals surface area contributed by atoms with Gasteiger partial charge >= 0.3 is 5.97 Å². The largest absolute Gasteiger partial charge is 0.512 e. The highest BCUT2D eigenvalue weighted by atomic mass is 16.4. The molecule has 0 fully saturated rings. The minimum atomic E-state index is -1.06. The molecule has 0 aliphatic carbocycles. The first-order valence-electron chi connectivity index (χ1n) is 3.92. The normalized spacial score (nSPS) is 10.8. The van der Waals surface area contributed by atoms with E-state index < -0.39 is 5.97 Å². The molecule has 13 heavy (non-hydrogen) atoms. The Labute approximate surface area is 77.9 Å². The van der Waals surface area contributed by atoms with E-state index in [4.69, 9.17) is 10.2 Å². The van der Waals surface area contributed by atoms with E-state index in [9.17, 15) is 9.59 Å². The van der Waals surface area contributed by atoms with Crippen molar-refractivity contribution in [3.63, 3.8) is 0 Å². The van der Waals surface area contributed by atoms with Crippen molar-refractivity contribution in [2.24, 2.45) is 0 Å². The van der Waals surface area contributed by atoms with Gasteiger partial charge in [0, 0.05) is 6.42 Å². The molecule has 0 heterocycles. The minimum Gasteiger partial charge on any atom is -0.512 e. The zero-order valence-electron chi connectivity index (χ0n) is 8.42. The van der Waals surface area contributed by atoms with Gasteiger partial charge in [0.1, 0.15) is 11.5 Å². The number of carbonyl (C=O) groups is 2.